The molecule has 0 atom stereocenters. The van der Waals surface area contributed by atoms with Crippen LogP contribution in [-0.4, -0.2) is 18.1 Å². The number of rotatable bonds is 10. The van der Waals surface area contributed by atoms with Gasteiger partial charge in [-0.25, -0.2) is 11.1 Å². The summed E-state index contributed by atoms with van der Waals surface area (Å²) in [5, 5.41) is 8.53. The highest BCUT2D eigenvalue weighted by molar-refractivity contribution is 9.10. The predicted molar refractivity (Wildman–Crippen MR) is 155 cm³/mol. The van der Waals surface area contributed by atoms with E-state index >= 15 is 0 Å². The number of hydrogen-bond acceptors (Lipinski definition) is 6. The topological polar surface area (TPSA) is 122 Å². The lowest BCUT2D eigenvalue weighted by molar-refractivity contribution is -0.114. The second-order valence-electron chi connectivity index (χ2n) is 9.51. The van der Waals surface area contributed by atoms with E-state index in [9.17, 15) is 9.59 Å². The Morgan fingerprint density at radius 3 is 2.26 bits per heavy atom. The van der Waals surface area contributed by atoms with Crippen molar-refractivity contribution in [2.24, 2.45) is 10.2 Å². The van der Waals surface area contributed by atoms with Crippen LogP contribution >= 0.6 is 15.9 Å². The first-order chi connectivity index (χ1) is 19.0. The van der Waals surface area contributed by atoms with Gasteiger partial charge in [0.2, 0.25) is 0 Å². The average Bonchev–Trinajstić information content (AvgIpc) is 2.99. The van der Waals surface area contributed by atoms with Crippen molar-refractivity contribution < 1.29 is 9.59 Å². The minimum atomic E-state index is -1.24. The number of carbonyl (C=O) groups excluding carboxylic acids is 2. The van der Waals surface area contributed by atoms with Gasteiger partial charge in [0.15, 0.2) is 0 Å². The minimum Gasteiger partial charge on any atom is -0.309 e. The van der Waals surface area contributed by atoms with Crippen molar-refractivity contribution in [1.82, 2.24) is 5.32 Å². The maximum atomic E-state index is 13.5. The van der Waals surface area contributed by atoms with Crippen LogP contribution in [-0.2, 0) is 11.3 Å². The van der Waals surface area contributed by atoms with Crippen LogP contribution in [0, 0.1) is 11.1 Å². The van der Waals surface area contributed by atoms with Gasteiger partial charge >= 0.3 is 0 Å². The number of benzene rings is 3. The molecular weight excluding hydrogens is 556 g/mol. The molecule has 3 aromatic carbocycles. The molecule has 8 nitrogen and oxygen atoms in total. The number of carbonyl (C=O) groups is 2. The molecule has 1 saturated carbocycles. The van der Waals surface area contributed by atoms with Crippen molar-refractivity contribution in [1.29, 1.82) is 11.1 Å². The van der Waals surface area contributed by atoms with E-state index < -0.39 is 12.2 Å². The van der Waals surface area contributed by atoms with Crippen LogP contribution in [0.25, 0.3) is 6.08 Å². The Morgan fingerprint density at radius 1 is 0.949 bits per heavy atom. The van der Waals surface area contributed by atoms with Crippen molar-refractivity contribution in [2.75, 3.05) is 4.90 Å². The second kappa shape index (κ2) is 13.7. The van der Waals surface area contributed by atoms with Crippen LogP contribution in [0.3, 0.4) is 0 Å². The maximum absolute atomic E-state index is 13.5. The lowest BCUT2D eigenvalue weighted by atomic mass is 9.84. The summed E-state index contributed by atoms with van der Waals surface area (Å²) in [6.45, 7) is 0.316. The van der Waals surface area contributed by atoms with Gasteiger partial charge in [-0.05, 0) is 71.9 Å². The smallest absolute Gasteiger partial charge is 0.254 e. The first-order valence-electron chi connectivity index (χ1n) is 13.0. The quantitative estimate of drug-likeness (QED) is 0.165. The van der Waals surface area contributed by atoms with Crippen molar-refractivity contribution in [3.05, 3.63) is 106 Å². The van der Waals surface area contributed by atoms with Crippen LogP contribution in [0.5, 0.6) is 0 Å². The summed E-state index contributed by atoms with van der Waals surface area (Å²) in [5.74, 6) is -0.0626. The molecule has 2 amide bonds. The molecule has 4 rings (SSSR count). The van der Waals surface area contributed by atoms with Crippen LogP contribution in [0.15, 0.2) is 93.6 Å². The fourth-order valence-electron chi connectivity index (χ4n) is 4.76. The molecule has 0 saturated heterocycles. The zero-order chi connectivity index (χ0) is 27.6. The lowest BCUT2D eigenvalue weighted by Gasteiger charge is -2.25. The normalized spacial score (nSPS) is 14.5. The fraction of sp³-hybridized carbons (Fsp3) is 0.267. The van der Waals surface area contributed by atoms with E-state index in [1.54, 1.807) is 41.3 Å². The zero-order valence-corrected chi connectivity index (χ0v) is 23.1. The van der Waals surface area contributed by atoms with E-state index in [2.05, 4.69) is 43.6 Å². The molecule has 1 aliphatic rings. The molecule has 0 radical (unpaired) electrons. The molecule has 200 valence electrons. The Kier molecular flexibility index (Phi) is 9.85. The fourth-order valence-corrected chi connectivity index (χ4v) is 5.18. The highest BCUT2D eigenvalue weighted by Crippen LogP contribution is 2.33. The largest absolute Gasteiger partial charge is 0.309 e. The zero-order valence-electron chi connectivity index (χ0n) is 21.5. The molecular formula is C30H31BrN6O2. The molecule has 3 N–H and O–H groups in total. The van der Waals surface area contributed by atoms with Gasteiger partial charge in [-0.1, -0.05) is 77.7 Å². The number of nitrogens with zero attached hydrogens (tertiary/aromatic N) is 3. The SMILES string of the molecule is N=NC(N=N)NC(=O)c1ccc(CN(C(=O)C=Cc2ccccc2Br)c2ccc(C3CCCCC3)cc2)cc1. The Balaban J connectivity index is 1.56. The van der Waals surface area contributed by atoms with E-state index in [0.29, 0.717) is 18.0 Å². The molecule has 39 heavy (non-hydrogen) atoms. The van der Waals surface area contributed by atoms with Crippen LogP contribution in [0.2, 0.25) is 0 Å². The van der Waals surface area contributed by atoms with Crippen molar-refractivity contribution in [2.45, 2.75) is 50.9 Å². The van der Waals surface area contributed by atoms with E-state index in [1.165, 1.54) is 37.7 Å². The monoisotopic (exact) mass is 586 g/mol. The summed E-state index contributed by atoms with van der Waals surface area (Å²) < 4.78 is 0.907. The van der Waals surface area contributed by atoms with Gasteiger partial charge in [0.1, 0.15) is 0 Å². The van der Waals surface area contributed by atoms with E-state index in [-0.39, 0.29) is 5.91 Å². The van der Waals surface area contributed by atoms with Gasteiger partial charge in [-0.2, -0.15) is 0 Å². The molecule has 0 spiro atoms. The van der Waals surface area contributed by atoms with Crippen LogP contribution < -0.4 is 10.2 Å². The minimum absolute atomic E-state index is 0.157. The molecule has 0 heterocycles. The second-order valence-corrected chi connectivity index (χ2v) is 10.4. The Hall–Kier alpha value is -3.98. The van der Waals surface area contributed by atoms with Gasteiger partial charge in [0, 0.05) is 21.8 Å². The van der Waals surface area contributed by atoms with Gasteiger partial charge in [-0.3, -0.25) is 9.59 Å². The number of amides is 2. The maximum Gasteiger partial charge on any atom is 0.254 e. The number of halogens is 1. The average molecular weight is 588 g/mol. The molecule has 0 aromatic heterocycles. The molecule has 9 heteroatoms. The third-order valence-electron chi connectivity index (χ3n) is 6.92. The van der Waals surface area contributed by atoms with Crippen molar-refractivity contribution >= 4 is 39.5 Å². The third kappa shape index (κ3) is 7.54. The summed E-state index contributed by atoms with van der Waals surface area (Å²) in [6.07, 6.45) is 8.40. The summed E-state index contributed by atoms with van der Waals surface area (Å²) in [5.41, 5.74) is 18.2. The highest BCUT2D eigenvalue weighted by atomic mass is 79.9. The summed E-state index contributed by atoms with van der Waals surface area (Å²) >= 11 is 3.53. The molecule has 3 aromatic rings. The summed E-state index contributed by atoms with van der Waals surface area (Å²) in [4.78, 5) is 27.6. The standard InChI is InChI=1S/C30H31BrN6O2/c31-27-9-5-4-8-24(27)16-19-28(38)37(26-17-14-23(15-18-26)22-6-2-1-3-7-22)20-21-10-12-25(13-11-21)29(39)34-30(35-32)36-33/h4-5,8-19,22,30,32-33H,1-3,6-7,20H2,(H,34,39). The predicted octanol–water partition coefficient (Wildman–Crippen LogP) is 7.82. The summed E-state index contributed by atoms with van der Waals surface area (Å²) in [6, 6.07) is 22.9. The molecule has 0 bridgehead atoms. The van der Waals surface area contributed by atoms with E-state index in [4.69, 9.17) is 11.1 Å². The lowest BCUT2D eigenvalue weighted by Crippen LogP contribution is -2.31. The first-order valence-corrected chi connectivity index (χ1v) is 13.7. The summed E-state index contributed by atoms with van der Waals surface area (Å²) in [7, 11) is 0. The number of anilines is 1. The van der Waals surface area contributed by atoms with Crippen LogP contribution in [0.4, 0.5) is 5.69 Å². The van der Waals surface area contributed by atoms with Crippen LogP contribution in [0.1, 0.15) is 65.1 Å². The third-order valence-corrected chi connectivity index (χ3v) is 7.64. The molecule has 0 aliphatic heterocycles. The number of nitrogens with one attached hydrogen (secondary N) is 3. The molecule has 1 aliphatic carbocycles. The number of hydrogen-bond donors (Lipinski definition) is 3. The Morgan fingerprint density at radius 2 is 1.62 bits per heavy atom. The molecule has 0 unspecified atom stereocenters. The Labute approximate surface area is 236 Å². The van der Waals surface area contributed by atoms with E-state index in [1.807, 2.05) is 36.4 Å². The van der Waals surface area contributed by atoms with Gasteiger partial charge in [-0.15, -0.1) is 10.2 Å². The Bertz CT molecular complexity index is 1330. The van der Waals surface area contributed by atoms with E-state index in [0.717, 1.165) is 21.3 Å². The van der Waals surface area contributed by atoms with Crippen molar-refractivity contribution in [3.8, 4) is 0 Å². The first kappa shape index (κ1) is 28.0. The highest BCUT2D eigenvalue weighted by Gasteiger charge is 2.19. The molecule has 1 fully saturated rings. The van der Waals surface area contributed by atoms with Gasteiger partial charge in [0.25, 0.3) is 18.1 Å². The van der Waals surface area contributed by atoms with Gasteiger partial charge < -0.3 is 10.2 Å². The van der Waals surface area contributed by atoms with Gasteiger partial charge in [0.05, 0.1) is 6.54 Å². The van der Waals surface area contributed by atoms with Crippen molar-refractivity contribution in [3.63, 3.8) is 0 Å².